The Kier molecular flexibility index (Phi) is 11.5. The molecule has 160 valence electrons. The molecule has 29 heavy (non-hydrogen) atoms. The lowest BCUT2D eigenvalue weighted by Gasteiger charge is -2.18. The average molecular weight is 418 g/mol. The van der Waals surface area contributed by atoms with E-state index >= 15 is 0 Å². The van der Waals surface area contributed by atoms with E-state index in [0.717, 1.165) is 12.8 Å². The number of unbranched alkanes of at least 4 members (excludes halogenated alkanes) is 9. The first-order valence-electron chi connectivity index (χ1n) is 11.2. The topological polar surface area (TPSA) is 60.7 Å². The minimum atomic E-state index is -3.54. The Balaban J connectivity index is 1.55. The fraction of sp³-hybridized carbons (Fsp3) is 0.520. The largest absolute Gasteiger partial charge is 0.403 e. The van der Waals surface area contributed by atoms with Gasteiger partial charge in [-0.1, -0.05) is 112 Å². The van der Waals surface area contributed by atoms with Crippen molar-refractivity contribution in [3.05, 3.63) is 71.8 Å². The van der Waals surface area contributed by atoms with Crippen LogP contribution in [0.5, 0.6) is 0 Å². The van der Waals surface area contributed by atoms with E-state index in [1.54, 1.807) is 0 Å². The molecule has 0 aliphatic carbocycles. The molecule has 0 radical (unpaired) electrons. The van der Waals surface area contributed by atoms with Crippen molar-refractivity contribution >= 4 is 7.94 Å². The molecule has 0 saturated carbocycles. The number of rotatable bonds is 15. The van der Waals surface area contributed by atoms with Gasteiger partial charge in [0.15, 0.2) is 0 Å². The van der Waals surface area contributed by atoms with Gasteiger partial charge >= 0.3 is 7.94 Å². The van der Waals surface area contributed by atoms with Crippen LogP contribution in [0.15, 0.2) is 60.7 Å². The summed E-state index contributed by atoms with van der Waals surface area (Å²) >= 11 is 0. The SMILES string of the molecule is O[P+](O)(O)CCCCCCCCCCCCC(c1ccccc1)c1ccccc1. The summed E-state index contributed by atoms with van der Waals surface area (Å²) in [6.07, 6.45) is 13.1. The second kappa shape index (κ2) is 13.9. The van der Waals surface area contributed by atoms with Gasteiger partial charge in [-0.2, -0.15) is 14.7 Å². The van der Waals surface area contributed by atoms with Gasteiger partial charge in [-0.25, -0.2) is 0 Å². The third-order valence-electron chi connectivity index (χ3n) is 5.60. The van der Waals surface area contributed by atoms with E-state index in [4.69, 9.17) is 14.7 Å². The van der Waals surface area contributed by atoms with Crippen LogP contribution in [0.3, 0.4) is 0 Å². The zero-order valence-electron chi connectivity index (χ0n) is 17.6. The van der Waals surface area contributed by atoms with Gasteiger partial charge in [0.05, 0.1) is 0 Å². The Bertz CT molecular complexity index is 601. The molecule has 2 aromatic carbocycles. The smallest absolute Gasteiger partial charge is 0.193 e. The van der Waals surface area contributed by atoms with Crippen molar-refractivity contribution in [3.63, 3.8) is 0 Å². The first kappa shape index (κ1) is 24.0. The molecular weight excluding hydrogens is 379 g/mol. The maximum absolute atomic E-state index is 8.95. The van der Waals surface area contributed by atoms with Crippen LogP contribution in [0.1, 0.15) is 87.7 Å². The molecule has 0 heterocycles. The third kappa shape index (κ3) is 10.9. The molecule has 0 atom stereocenters. The van der Waals surface area contributed by atoms with Gasteiger partial charge in [-0.3, -0.25) is 0 Å². The average Bonchev–Trinajstić information content (AvgIpc) is 2.72. The van der Waals surface area contributed by atoms with E-state index in [0.29, 0.717) is 12.3 Å². The normalized spacial score (nSPS) is 11.9. The summed E-state index contributed by atoms with van der Waals surface area (Å²) in [6.45, 7) is 0. The fourth-order valence-corrected chi connectivity index (χ4v) is 4.63. The van der Waals surface area contributed by atoms with Crippen LogP contribution in [0.25, 0.3) is 0 Å². The highest BCUT2D eigenvalue weighted by atomic mass is 31.2. The molecular formula is C25H38O3P+. The van der Waals surface area contributed by atoms with E-state index in [2.05, 4.69) is 60.7 Å². The van der Waals surface area contributed by atoms with E-state index in [9.17, 15) is 0 Å². The first-order valence-corrected chi connectivity index (χ1v) is 13.1. The molecule has 0 fully saturated rings. The van der Waals surface area contributed by atoms with Crippen molar-refractivity contribution in [2.75, 3.05) is 6.16 Å². The summed E-state index contributed by atoms with van der Waals surface area (Å²) in [4.78, 5) is 26.8. The van der Waals surface area contributed by atoms with Crippen LogP contribution >= 0.6 is 7.94 Å². The van der Waals surface area contributed by atoms with Gasteiger partial charge in [0.1, 0.15) is 6.16 Å². The van der Waals surface area contributed by atoms with Crippen molar-refractivity contribution in [2.45, 2.75) is 76.5 Å². The van der Waals surface area contributed by atoms with Crippen molar-refractivity contribution in [3.8, 4) is 0 Å². The highest BCUT2D eigenvalue weighted by Gasteiger charge is 2.27. The minimum absolute atomic E-state index is 0.153. The lowest BCUT2D eigenvalue weighted by atomic mass is 9.87. The predicted octanol–water partition coefficient (Wildman–Crippen LogP) is 6.85. The summed E-state index contributed by atoms with van der Waals surface area (Å²) in [6, 6.07) is 21.7. The summed E-state index contributed by atoms with van der Waals surface area (Å²) in [7, 11) is -3.54. The van der Waals surface area contributed by atoms with E-state index in [1.807, 2.05) is 0 Å². The highest BCUT2D eigenvalue weighted by Crippen LogP contribution is 2.45. The second-order valence-corrected chi connectivity index (χ2v) is 9.95. The summed E-state index contributed by atoms with van der Waals surface area (Å²) in [5.41, 5.74) is 2.84. The van der Waals surface area contributed by atoms with Crippen molar-refractivity contribution < 1.29 is 14.7 Å². The molecule has 4 heteroatoms. The summed E-state index contributed by atoms with van der Waals surface area (Å²) in [5.74, 6) is 0.496. The minimum Gasteiger partial charge on any atom is -0.193 e. The number of benzene rings is 2. The molecule has 3 N–H and O–H groups in total. The molecule has 0 bridgehead atoms. The van der Waals surface area contributed by atoms with Crippen LogP contribution < -0.4 is 0 Å². The quantitative estimate of drug-likeness (QED) is 0.219. The summed E-state index contributed by atoms with van der Waals surface area (Å²) in [5, 5.41) is 0. The van der Waals surface area contributed by atoms with E-state index < -0.39 is 7.94 Å². The Morgan fingerprint density at radius 1 is 0.517 bits per heavy atom. The molecule has 0 spiro atoms. The standard InChI is InChI=1S/C25H38O3P/c26-29(27,28)22-16-8-6-4-2-1-3-5-7-15-21-25(23-17-11-9-12-18-23)24-19-13-10-14-20-24/h9-14,17-20,25-28H,1-8,15-16,21-22H2/q+1. The Hall–Kier alpha value is -1.25. The molecule has 0 amide bonds. The Morgan fingerprint density at radius 3 is 1.31 bits per heavy atom. The van der Waals surface area contributed by atoms with E-state index in [1.165, 1.54) is 62.5 Å². The summed E-state index contributed by atoms with van der Waals surface area (Å²) < 4.78 is 0. The maximum atomic E-state index is 8.95. The van der Waals surface area contributed by atoms with Crippen LogP contribution in [0.4, 0.5) is 0 Å². The lowest BCUT2D eigenvalue weighted by molar-refractivity contribution is 0.328. The van der Waals surface area contributed by atoms with Gasteiger partial charge in [0.25, 0.3) is 0 Å². The van der Waals surface area contributed by atoms with Crippen molar-refractivity contribution in [2.24, 2.45) is 0 Å². The number of hydrogen-bond donors (Lipinski definition) is 3. The van der Waals surface area contributed by atoms with Gasteiger partial charge in [-0.05, 0) is 30.4 Å². The molecule has 0 aliphatic heterocycles. The monoisotopic (exact) mass is 417 g/mol. The lowest BCUT2D eigenvalue weighted by Crippen LogP contribution is -2.01. The zero-order chi connectivity index (χ0) is 20.8. The van der Waals surface area contributed by atoms with Crippen LogP contribution in [0, 0.1) is 0 Å². The van der Waals surface area contributed by atoms with Gasteiger partial charge in [0.2, 0.25) is 0 Å². The second-order valence-electron chi connectivity index (χ2n) is 8.11. The zero-order valence-corrected chi connectivity index (χ0v) is 18.5. The Morgan fingerprint density at radius 2 is 0.897 bits per heavy atom. The first-order chi connectivity index (χ1) is 14.1. The molecule has 0 unspecified atom stereocenters. The maximum Gasteiger partial charge on any atom is 0.403 e. The molecule has 3 nitrogen and oxygen atoms in total. The van der Waals surface area contributed by atoms with Crippen LogP contribution in [0.2, 0.25) is 0 Å². The molecule has 0 aromatic heterocycles. The van der Waals surface area contributed by atoms with Crippen molar-refractivity contribution in [1.82, 2.24) is 0 Å². The molecule has 2 aromatic rings. The van der Waals surface area contributed by atoms with Crippen LogP contribution in [-0.4, -0.2) is 20.8 Å². The molecule has 0 saturated heterocycles. The van der Waals surface area contributed by atoms with Crippen LogP contribution in [-0.2, 0) is 0 Å². The van der Waals surface area contributed by atoms with Gasteiger partial charge in [-0.15, -0.1) is 0 Å². The number of hydrogen-bond acceptors (Lipinski definition) is 3. The van der Waals surface area contributed by atoms with Gasteiger partial charge in [0, 0.05) is 5.92 Å². The van der Waals surface area contributed by atoms with Gasteiger partial charge < -0.3 is 0 Å². The van der Waals surface area contributed by atoms with E-state index in [-0.39, 0.29) is 6.16 Å². The molecule has 2 rings (SSSR count). The van der Waals surface area contributed by atoms with Crippen molar-refractivity contribution in [1.29, 1.82) is 0 Å². The third-order valence-corrected chi connectivity index (χ3v) is 6.52. The predicted molar refractivity (Wildman–Crippen MR) is 124 cm³/mol. The molecule has 0 aliphatic rings. The fourth-order valence-electron chi connectivity index (χ4n) is 3.98. The Labute approximate surface area is 177 Å². The highest BCUT2D eigenvalue weighted by molar-refractivity contribution is 7.58.